The summed E-state index contributed by atoms with van der Waals surface area (Å²) in [5, 5.41) is 3.23. The molecule has 5 heteroatoms. The number of methoxy groups -OCH3 is 1. The lowest BCUT2D eigenvalue weighted by molar-refractivity contribution is 0.395. The van der Waals surface area contributed by atoms with Crippen LogP contribution in [-0.4, -0.2) is 29.1 Å². The van der Waals surface area contributed by atoms with Crippen molar-refractivity contribution in [2.45, 2.75) is 13.0 Å². The Morgan fingerprint density at radius 1 is 1.22 bits per heavy atom. The largest absolute Gasteiger partial charge is 0.481 e. The molecule has 0 radical (unpaired) electrons. The number of hydrogen-bond acceptors (Lipinski definition) is 5. The van der Waals surface area contributed by atoms with Crippen LogP contribution in [0, 0.1) is 6.92 Å². The summed E-state index contributed by atoms with van der Waals surface area (Å²) in [4.78, 5) is 12.5. The van der Waals surface area contributed by atoms with Crippen LogP contribution in [-0.2, 0) is 0 Å². The summed E-state index contributed by atoms with van der Waals surface area (Å²) in [5.41, 5.74) is 3.05. The zero-order valence-corrected chi connectivity index (χ0v) is 10.7. The number of ether oxygens (including phenoxy) is 1. The van der Waals surface area contributed by atoms with E-state index in [1.165, 1.54) is 6.33 Å². The van der Waals surface area contributed by atoms with Crippen molar-refractivity contribution in [3.63, 3.8) is 0 Å². The van der Waals surface area contributed by atoms with Crippen molar-refractivity contribution < 1.29 is 4.74 Å². The molecule has 0 aliphatic carbocycles. The highest BCUT2D eigenvalue weighted by molar-refractivity contribution is 5.29. The van der Waals surface area contributed by atoms with Gasteiger partial charge in [0.05, 0.1) is 18.8 Å². The van der Waals surface area contributed by atoms with Crippen molar-refractivity contribution in [3.05, 3.63) is 47.7 Å². The highest BCUT2D eigenvalue weighted by Crippen LogP contribution is 2.21. The summed E-state index contributed by atoms with van der Waals surface area (Å²) in [5.74, 6) is 0.556. The van der Waals surface area contributed by atoms with E-state index in [4.69, 9.17) is 4.74 Å². The summed E-state index contributed by atoms with van der Waals surface area (Å²) in [6, 6.07) is 3.89. The lowest BCUT2D eigenvalue weighted by Crippen LogP contribution is -2.19. The number of aromatic nitrogens is 3. The first kappa shape index (κ1) is 12.4. The minimum Gasteiger partial charge on any atom is -0.481 e. The van der Waals surface area contributed by atoms with E-state index in [1.54, 1.807) is 7.11 Å². The average Bonchev–Trinajstić information content (AvgIpc) is 2.40. The third-order valence-electron chi connectivity index (χ3n) is 2.69. The molecule has 18 heavy (non-hydrogen) atoms. The molecule has 0 spiro atoms. The van der Waals surface area contributed by atoms with Gasteiger partial charge in [-0.1, -0.05) is 6.07 Å². The van der Waals surface area contributed by atoms with E-state index < -0.39 is 0 Å². The third kappa shape index (κ3) is 2.62. The van der Waals surface area contributed by atoms with E-state index in [1.807, 2.05) is 32.4 Å². The van der Waals surface area contributed by atoms with Crippen molar-refractivity contribution in [2.75, 3.05) is 14.2 Å². The van der Waals surface area contributed by atoms with Gasteiger partial charge in [0, 0.05) is 18.5 Å². The van der Waals surface area contributed by atoms with Crippen LogP contribution in [0.15, 0.2) is 30.9 Å². The van der Waals surface area contributed by atoms with Crippen LogP contribution < -0.4 is 10.1 Å². The highest BCUT2D eigenvalue weighted by Gasteiger charge is 2.14. The van der Waals surface area contributed by atoms with Gasteiger partial charge in [0.15, 0.2) is 0 Å². The number of nitrogens with one attached hydrogen (secondary N) is 1. The molecule has 2 aromatic rings. The van der Waals surface area contributed by atoms with Gasteiger partial charge in [-0.2, -0.15) is 0 Å². The summed E-state index contributed by atoms with van der Waals surface area (Å²) in [6.45, 7) is 2.02. The van der Waals surface area contributed by atoms with Crippen LogP contribution >= 0.6 is 0 Å². The highest BCUT2D eigenvalue weighted by atomic mass is 16.5. The molecule has 2 aromatic heterocycles. The zero-order chi connectivity index (χ0) is 13.0. The molecule has 0 amide bonds. The van der Waals surface area contributed by atoms with E-state index in [2.05, 4.69) is 26.3 Å². The maximum absolute atomic E-state index is 5.11. The van der Waals surface area contributed by atoms with Crippen molar-refractivity contribution in [2.24, 2.45) is 0 Å². The first-order valence-corrected chi connectivity index (χ1v) is 5.69. The Bertz CT molecular complexity index is 530. The molecule has 2 heterocycles. The Morgan fingerprint density at radius 3 is 2.72 bits per heavy atom. The van der Waals surface area contributed by atoms with Crippen molar-refractivity contribution in [1.29, 1.82) is 0 Å². The van der Waals surface area contributed by atoms with Crippen molar-refractivity contribution in [3.8, 4) is 5.88 Å². The minimum atomic E-state index is -0.0192. The molecule has 1 atom stereocenters. The monoisotopic (exact) mass is 244 g/mol. The lowest BCUT2D eigenvalue weighted by Gasteiger charge is -2.16. The van der Waals surface area contributed by atoms with Gasteiger partial charge >= 0.3 is 0 Å². The SMILES string of the molecule is CNC(c1cncc(C)c1)c1cc(OC)ncn1. The van der Waals surface area contributed by atoms with Crippen LogP contribution in [0.25, 0.3) is 0 Å². The summed E-state index contributed by atoms with van der Waals surface area (Å²) in [6.07, 6.45) is 5.17. The first-order chi connectivity index (χ1) is 8.74. The molecule has 0 aromatic carbocycles. The Balaban J connectivity index is 2.38. The summed E-state index contributed by atoms with van der Waals surface area (Å²) < 4.78 is 5.11. The van der Waals surface area contributed by atoms with Gasteiger partial charge in [-0.15, -0.1) is 0 Å². The number of hydrogen-bond donors (Lipinski definition) is 1. The maximum atomic E-state index is 5.11. The molecule has 5 nitrogen and oxygen atoms in total. The standard InChI is InChI=1S/C13H16N4O/c1-9-4-10(7-15-6-9)13(14-2)11-5-12(18-3)17-8-16-11/h4-8,13-14H,1-3H3. The zero-order valence-electron chi connectivity index (χ0n) is 10.7. The normalized spacial score (nSPS) is 12.2. The fourth-order valence-corrected chi connectivity index (χ4v) is 1.84. The van der Waals surface area contributed by atoms with Gasteiger partial charge in [0.25, 0.3) is 0 Å². The van der Waals surface area contributed by atoms with E-state index in [0.717, 1.165) is 16.8 Å². The smallest absolute Gasteiger partial charge is 0.216 e. The van der Waals surface area contributed by atoms with E-state index in [0.29, 0.717) is 5.88 Å². The second-order valence-electron chi connectivity index (χ2n) is 4.00. The third-order valence-corrected chi connectivity index (χ3v) is 2.69. The predicted molar refractivity (Wildman–Crippen MR) is 68.5 cm³/mol. The molecule has 0 bridgehead atoms. The van der Waals surface area contributed by atoms with Gasteiger partial charge in [-0.05, 0) is 25.1 Å². The minimum absolute atomic E-state index is 0.0192. The topological polar surface area (TPSA) is 59.9 Å². The average molecular weight is 244 g/mol. The Morgan fingerprint density at radius 2 is 2.06 bits per heavy atom. The lowest BCUT2D eigenvalue weighted by atomic mass is 10.0. The molecule has 0 aliphatic rings. The van der Waals surface area contributed by atoms with Gasteiger partial charge in [0.2, 0.25) is 5.88 Å². The molecule has 2 rings (SSSR count). The molecule has 0 aliphatic heterocycles. The molecule has 0 saturated heterocycles. The van der Waals surface area contributed by atoms with Crippen molar-refractivity contribution >= 4 is 0 Å². The summed E-state index contributed by atoms with van der Waals surface area (Å²) in [7, 11) is 3.48. The predicted octanol–water partition coefficient (Wildman–Crippen LogP) is 1.50. The van der Waals surface area contributed by atoms with Gasteiger partial charge in [-0.25, -0.2) is 9.97 Å². The molecule has 1 unspecified atom stereocenters. The molecule has 94 valence electrons. The number of nitrogens with zero attached hydrogens (tertiary/aromatic N) is 3. The Kier molecular flexibility index (Phi) is 3.84. The number of aryl methyl sites for hydroxylation is 1. The van der Waals surface area contributed by atoms with E-state index in [-0.39, 0.29) is 6.04 Å². The number of pyridine rings is 1. The van der Waals surface area contributed by atoms with Crippen LogP contribution in [0.2, 0.25) is 0 Å². The van der Waals surface area contributed by atoms with Gasteiger partial charge in [-0.3, -0.25) is 4.98 Å². The molecular weight excluding hydrogens is 228 g/mol. The quantitative estimate of drug-likeness (QED) is 0.883. The molecule has 0 saturated carbocycles. The van der Waals surface area contributed by atoms with Gasteiger partial charge in [0.1, 0.15) is 6.33 Å². The van der Waals surface area contributed by atoms with Crippen LogP contribution in [0.3, 0.4) is 0 Å². The second-order valence-corrected chi connectivity index (χ2v) is 4.00. The molecular formula is C13H16N4O. The van der Waals surface area contributed by atoms with Crippen molar-refractivity contribution in [1.82, 2.24) is 20.3 Å². The Labute approximate surface area is 106 Å². The number of rotatable bonds is 4. The van der Waals surface area contributed by atoms with Crippen LogP contribution in [0.5, 0.6) is 5.88 Å². The summed E-state index contributed by atoms with van der Waals surface area (Å²) >= 11 is 0. The molecule has 1 N–H and O–H groups in total. The fraction of sp³-hybridized carbons (Fsp3) is 0.308. The van der Waals surface area contributed by atoms with Crippen LogP contribution in [0.1, 0.15) is 22.9 Å². The maximum Gasteiger partial charge on any atom is 0.216 e. The fourth-order valence-electron chi connectivity index (χ4n) is 1.84. The van der Waals surface area contributed by atoms with E-state index >= 15 is 0 Å². The Hall–Kier alpha value is -2.01. The second kappa shape index (κ2) is 5.55. The van der Waals surface area contributed by atoms with Crippen LogP contribution in [0.4, 0.5) is 0 Å². The van der Waals surface area contributed by atoms with E-state index in [9.17, 15) is 0 Å². The van der Waals surface area contributed by atoms with Gasteiger partial charge < -0.3 is 10.1 Å². The first-order valence-electron chi connectivity index (χ1n) is 5.69. The molecule has 0 fully saturated rings.